The normalized spacial score (nSPS) is 13.2. The molecule has 7 heteroatoms. The van der Waals surface area contributed by atoms with Gasteiger partial charge in [0.05, 0.1) is 5.69 Å². The molecule has 1 aliphatic carbocycles. The van der Waals surface area contributed by atoms with E-state index in [4.69, 9.17) is 4.98 Å². The van der Waals surface area contributed by atoms with Crippen LogP contribution < -0.4 is 5.69 Å². The fraction of sp³-hybridized carbons (Fsp3) is 0.381. The van der Waals surface area contributed by atoms with E-state index >= 15 is 0 Å². The van der Waals surface area contributed by atoms with Crippen molar-refractivity contribution in [3.63, 3.8) is 0 Å². The lowest BCUT2D eigenvalue weighted by Crippen LogP contribution is -2.31. The first-order chi connectivity index (χ1) is 13.6. The summed E-state index contributed by atoms with van der Waals surface area (Å²) in [6.07, 6.45) is 3.09. The molecule has 0 bridgehead atoms. The summed E-state index contributed by atoms with van der Waals surface area (Å²) in [6.45, 7) is 1.56. The highest BCUT2D eigenvalue weighted by Crippen LogP contribution is 2.32. The third kappa shape index (κ3) is 4.21. The molecule has 146 valence electrons. The minimum Gasteiger partial charge on any atom is -0.308 e. The van der Waals surface area contributed by atoms with Crippen molar-refractivity contribution < 1.29 is 0 Å². The monoisotopic (exact) mass is 412 g/mol. The highest BCUT2D eigenvalue weighted by Gasteiger charge is 2.22. The molecular formula is C21H24N4OS2. The van der Waals surface area contributed by atoms with E-state index in [1.807, 2.05) is 36.9 Å². The number of aromatic nitrogens is 3. The summed E-state index contributed by atoms with van der Waals surface area (Å²) >= 11 is 3.31. The smallest absolute Gasteiger partial charge is 0.308 e. The maximum absolute atomic E-state index is 12.6. The molecule has 0 atom stereocenters. The molecule has 1 aliphatic rings. The Balaban J connectivity index is 1.52. The van der Waals surface area contributed by atoms with Crippen LogP contribution in [0.2, 0.25) is 0 Å². The Hall–Kier alpha value is -1.96. The van der Waals surface area contributed by atoms with Crippen LogP contribution in [0.5, 0.6) is 0 Å². The number of rotatable bonds is 7. The van der Waals surface area contributed by atoms with E-state index in [0.29, 0.717) is 6.54 Å². The number of benzene rings is 1. The predicted molar refractivity (Wildman–Crippen MR) is 116 cm³/mol. The van der Waals surface area contributed by atoms with E-state index < -0.39 is 0 Å². The number of hydrogen-bond donors (Lipinski definition) is 0. The first-order valence-electron chi connectivity index (χ1n) is 9.52. The summed E-state index contributed by atoms with van der Waals surface area (Å²) in [5.41, 5.74) is 4.52. The molecule has 0 radical (unpaired) electrons. The van der Waals surface area contributed by atoms with E-state index in [0.717, 1.165) is 52.9 Å². The molecule has 0 saturated carbocycles. The second kappa shape index (κ2) is 8.59. The zero-order valence-corrected chi connectivity index (χ0v) is 17.9. The number of likely N-dealkylation sites (N-methyl/N-ethyl adjacent to an activating group) is 1. The molecule has 3 aromatic rings. The van der Waals surface area contributed by atoms with Crippen LogP contribution in [-0.4, -0.2) is 40.1 Å². The standard InChI is InChI=1S/C21H24N4OS2/c1-24(2)11-12-25-18-10-6-9-17(18)20(23-21(25)26)28-14-16-13-27-19(22-16)15-7-4-3-5-8-15/h3-5,7-8,13H,6,9-12,14H2,1-2H3. The molecule has 0 N–H and O–H groups in total. The second-order valence-electron chi connectivity index (χ2n) is 7.23. The van der Waals surface area contributed by atoms with Gasteiger partial charge in [-0.3, -0.25) is 4.57 Å². The number of fused-ring (bicyclic) bond motifs is 1. The van der Waals surface area contributed by atoms with Gasteiger partial charge in [0.15, 0.2) is 0 Å². The van der Waals surface area contributed by atoms with Crippen molar-refractivity contribution in [3.05, 3.63) is 63.1 Å². The minimum absolute atomic E-state index is 0.117. The van der Waals surface area contributed by atoms with Gasteiger partial charge in [0.25, 0.3) is 0 Å². The summed E-state index contributed by atoms with van der Waals surface area (Å²) in [6, 6.07) is 10.2. The molecule has 28 heavy (non-hydrogen) atoms. The first kappa shape index (κ1) is 19.4. The zero-order chi connectivity index (χ0) is 19.5. The van der Waals surface area contributed by atoms with Crippen LogP contribution in [-0.2, 0) is 25.1 Å². The fourth-order valence-corrected chi connectivity index (χ4v) is 5.37. The zero-order valence-electron chi connectivity index (χ0n) is 16.2. The summed E-state index contributed by atoms with van der Waals surface area (Å²) < 4.78 is 1.88. The number of nitrogens with zero attached hydrogens (tertiary/aromatic N) is 4. The van der Waals surface area contributed by atoms with Crippen molar-refractivity contribution in [2.45, 2.75) is 36.6 Å². The fourth-order valence-electron chi connectivity index (χ4n) is 3.47. The van der Waals surface area contributed by atoms with Gasteiger partial charge in [0.2, 0.25) is 0 Å². The SMILES string of the molecule is CN(C)CCn1c2c(c(SCc3csc(-c4ccccc4)n3)nc1=O)CCC2. The van der Waals surface area contributed by atoms with Gasteiger partial charge in [-0.2, -0.15) is 4.98 Å². The maximum atomic E-state index is 12.6. The van der Waals surface area contributed by atoms with Gasteiger partial charge in [-0.25, -0.2) is 9.78 Å². The Labute approximate surface area is 173 Å². The van der Waals surface area contributed by atoms with Crippen molar-refractivity contribution >= 4 is 23.1 Å². The van der Waals surface area contributed by atoms with Crippen molar-refractivity contribution in [1.82, 2.24) is 19.4 Å². The van der Waals surface area contributed by atoms with E-state index in [1.165, 1.54) is 11.3 Å². The largest absolute Gasteiger partial charge is 0.348 e. The Bertz CT molecular complexity index is 1010. The van der Waals surface area contributed by atoms with Crippen LogP contribution >= 0.6 is 23.1 Å². The Kier molecular flexibility index (Phi) is 5.94. The molecule has 2 heterocycles. The Morgan fingerprint density at radius 1 is 1.18 bits per heavy atom. The highest BCUT2D eigenvalue weighted by atomic mass is 32.2. The average Bonchev–Trinajstić information content (AvgIpc) is 3.36. The lowest BCUT2D eigenvalue weighted by molar-refractivity contribution is 0.375. The second-order valence-corrected chi connectivity index (χ2v) is 9.05. The van der Waals surface area contributed by atoms with Gasteiger partial charge in [0.1, 0.15) is 10.0 Å². The maximum Gasteiger partial charge on any atom is 0.348 e. The van der Waals surface area contributed by atoms with Gasteiger partial charge < -0.3 is 4.90 Å². The molecule has 0 unspecified atom stereocenters. The van der Waals surface area contributed by atoms with Crippen molar-refractivity contribution in [1.29, 1.82) is 0 Å². The summed E-state index contributed by atoms with van der Waals surface area (Å²) in [5.74, 6) is 0.740. The lowest BCUT2D eigenvalue weighted by Gasteiger charge is -2.16. The molecule has 4 rings (SSSR count). The summed E-state index contributed by atoms with van der Waals surface area (Å²) in [7, 11) is 4.06. The molecule has 0 amide bonds. The van der Waals surface area contributed by atoms with E-state index in [2.05, 4.69) is 27.4 Å². The molecule has 5 nitrogen and oxygen atoms in total. The van der Waals surface area contributed by atoms with Crippen LogP contribution in [0, 0.1) is 0 Å². The topological polar surface area (TPSA) is 51.0 Å². The molecular weight excluding hydrogens is 388 g/mol. The van der Waals surface area contributed by atoms with Gasteiger partial charge >= 0.3 is 5.69 Å². The van der Waals surface area contributed by atoms with E-state index in [-0.39, 0.29) is 5.69 Å². The Morgan fingerprint density at radius 3 is 2.79 bits per heavy atom. The molecule has 2 aromatic heterocycles. The van der Waals surface area contributed by atoms with Gasteiger partial charge in [-0.1, -0.05) is 42.1 Å². The third-order valence-corrected chi connectivity index (χ3v) is 6.89. The Morgan fingerprint density at radius 2 is 2.00 bits per heavy atom. The van der Waals surface area contributed by atoms with Crippen LogP contribution in [0.4, 0.5) is 0 Å². The minimum atomic E-state index is -0.117. The predicted octanol–water partition coefficient (Wildman–Crippen LogP) is 3.71. The van der Waals surface area contributed by atoms with E-state index in [1.54, 1.807) is 23.1 Å². The van der Waals surface area contributed by atoms with Crippen LogP contribution in [0.3, 0.4) is 0 Å². The highest BCUT2D eigenvalue weighted by molar-refractivity contribution is 7.98. The lowest BCUT2D eigenvalue weighted by atomic mass is 10.2. The molecule has 0 saturated heterocycles. The molecule has 0 spiro atoms. The van der Waals surface area contributed by atoms with Crippen molar-refractivity contribution in [2.75, 3.05) is 20.6 Å². The van der Waals surface area contributed by atoms with Gasteiger partial charge in [-0.15, -0.1) is 11.3 Å². The van der Waals surface area contributed by atoms with Gasteiger partial charge in [-0.05, 0) is 33.4 Å². The van der Waals surface area contributed by atoms with E-state index in [9.17, 15) is 4.79 Å². The van der Waals surface area contributed by atoms with Crippen LogP contribution in [0.1, 0.15) is 23.4 Å². The van der Waals surface area contributed by atoms with Crippen LogP contribution in [0.15, 0.2) is 45.5 Å². The summed E-state index contributed by atoms with van der Waals surface area (Å²) in [4.78, 5) is 23.9. The molecule has 0 aliphatic heterocycles. The first-order valence-corrected chi connectivity index (χ1v) is 11.4. The summed E-state index contributed by atoms with van der Waals surface area (Å²) in [5, 5.41) is 4.04. The van der Waals surface area contributed by atoms with Gasteiger partial charge in [0, 0.05) is 41.0 Å². The number of thiazole rings is 1. The van der Waals surface area contributed by atoms with Crippen molar-refractivity contribution in [2.24, 2.45) is 0 Å². The molecule has 1 aromatic carbocycles. The average molecular weight is 413 g/mol. The van der Waals surface area contributed by atoms with Crippen molar-refractivity contribution in [3.8, 4) is 10.6 Å². The quantitative estimate of drug-likeness (QED) is 0.437. The number of hydrogen-bond acceptors (Lipinski definition) is 6. The van der Waals surface area contributed by atoms with Crippen LogP contribution in [0.25, 0.3) is 10.6 Å². The molecule has 0 fully saturated rings. The number of thioether (sulfide) groups is 1. The third-order valence-electron chi connectivity index (χ3n) is 4.90.